The monoisotopic (exact) mass is 471 g/mol. The quantitative estimate of drug-likeness (QED) is 0.539. The summed E-state index contributed by atoms with van der Waals surface area (Å²) in [4.78, 5) is 40.1. The maximum atomic E-state index is 14.4. The Morgan fingerprint density at radius 1 is 1.35 bits per heavy atom. The van der Waals surface area contributed by atoms with Gasteiger partial charge in [-0.05, 0) is 26.2 Å². The van der Waals surface area contributed by atoms with Crippen LogP contribution >= 0.6 is 0 Å². The second-order valence-electron chi connectivity index (χ2n) is 8.23. The molecule has 11 nitrogen and oxygen atoms in total. The van der Waals surface area contributed by atoms with Crippen LogP contribution in [-0.2, 0) is 0 Å². The van der Waals surface area contributed by atoms with Gasteiger partial charge in [-0.2, -0.15) is 4.98 Å². The highest BCUT2D eigenvalue weighted by molar-refractivity contribution is 6.05. The highest BCUT2D eigenvalue weighted by atomic mass is 19.1. The third kappa shape index (κ3) is 4.85. The molecule has 1 aliphatic rings. The molecule has 2 amide bonds. The normalized spacial score (nSPS) is 15.5. The molecule has 4 heterocycles. The number of rotatable bonds is 7. The van der Waals surface area contributed by atoms with Crippen LogP contribution in [-0.4, -0.2) is 74.6 Å². The summed E-state index contributed by atoms with van der Waals surface area (Å²) in [6.07, 6.45) is 4.45. The largest absolute Gasteiger partial charge is 0.477 e. The number of carbonyl (C=O) groups is 2. The van der Waals surface area contributed by atoms with Crippen LogP contribution in [0.2, 0.25) is 0 Å². The summed E-state index contributed by atoms with van der Waals surface area (Å²) in [6.45, 7) is 5.50. The van der Waals surface area contributed by atoms with Crippen molar-refractivity contribution in [2.45, 2.75) is 20.3 Å². The van der Waals surface area contributed by atoms with Crippen LogP contribution in [0.15, 0.2) is 24.7 Å². The van der Waals surface area contributed by atoms with Gasteiger partial charge in [-0.15, -0.1) is 0 Å². The molecule has 0 aromatic carbocycles. The molecule has 1 saturated heterocycles. The summed E-state index contributed by atoms with van der Waals surface area (Å²) in [5.41, 5.74) is 1.21. The number of nitrogens with one attached hydrogen (secondary N) is 1. The summed E-state index contributed by atoms with van der Waals surface area (Å²) in [7, 11) is 1.54. The van der Waals surface area contributed by atoms with E-state index in [9.17, 15) is 14.0 Å². The van der Waals surface area contributed by atoms with Gasteiger partial charge in [0.15, 0.2) is 11.5 Å². The first kappa shape index (κ1) is 23.2. The van der Waals surface area contributed by atoms with Crippen LogP contribution in [0.3, 0.4) is 0 Å². The predicted octanol–water partition coefficient (Wildman–Crippen LogP) is 2.66. The van der Waals surface area contributed by atoms with Crippen LogP contribution in [0.25, 0.3) is 5.65 Å². The first-order valence-electron chi connectivity index (χ1n) is 10.9. The number of hydrogen-bond donors (Lipinski definition) is 2. The van der Waals surface area contributed by atoms with Gasteiger partial charge in [-0.3, -0.25) is 4.79 Å². The van der Waals surface area contributed by atoms with Gasteiger partial charge in [-0.25, -0.2) is 19.2 Å². The van der Waals surface area contributed by atoms with E-state index in [0.717, 1.165) is 6.42 Å². The highest BCUT2D eigenvalue weighted by Gasteiger charge is 2.28. The second-order valence-corrected chi connectivity index (χ2v) is 8.23. The number of carbonyl (C=O) groups excluding carboxylic acids is 1. The first-order chi connectivity index (χ1) is 16.2. The highest BCUT2D eigenvalue weighted by Crippen LogP contribution is 2.26. The standard InChI is InChI=1S/C22H26FN7O4/c1-4-34-20-16(19(31)26-15-7-17(23)18-25-13(2)9-30(18)12-15)8-24-21(27-20)29-6-5-14(11-29)10-28(3)22(32)33/h7-9,12,14H,4-6,10-11H2,1-3H3,(H,26,31)(H,32,33). The Bertz CT molecular complexity index is 1230. The second kappa shape index (κ2) is 9.49. The average Bonchev–Trinajstić information content (AvgIpc) is 3.40. The molecule has 4 rings (SSSR count). The zero-order valence-corrected chi connectivity index (χ0v) is 19.2. The molecule has 0 radical (unpaired) electrons. The summed E-state index contributed by atoms with van der Waals surface area (Å²) in [5, 5.41) is 11.8. The van der Waals surface area contributed by atoms with E-state index in [0.29, 0.717) is 31.3 Å². The third-order valence-corrected chi connectivity index (χ3v) is 5.58. The fourth-order valence-corrected chi connectivity index (χ4v) is 3.99. The molecule has 1 fully saturated rings. The van der Waals surface area contributed by atoms with Gasteiger partial charge in [0, 0.05) is 51.3 Å². The van der Waals surface area contributed by atoms with Gasteiger partial charge in [0.1, 0.15) is 5.56 Å². The van der Waals surface area contributed by atoms with Crippen LogP contribution in [0.5, 0.6) is 5.88 Å². The van der Waals surface area contributed by atoms with Crippen molar-refractivity contribution in [2.24, 2.45) is 5.92 Å². The molecule has 1 atom stereocenters. The number of halogens is 1. The van der Waals surface area contributed by atoms with E-state index >= 15 is 0 Å². The van der Waals surface area contributed by atoms with Crippen molar-refractivity contribution in [3.8, 4) is 5.88 Å². The summed E-state index contributed by atoms with van der Waals surface area (Å²) < 4.78 is 21.5. The molecule has 3 aromatic rings. The number of pyridine rings is 1. The van der Waals surface area contributed by atoms with Crippen molar-refractivity contribution in [1.82, 2.24) is 24.3 Å². The molecule has 2 N–H and O–H groups in total. The fourth-order valence-electron chi connectivity index (χ4n) is 3.99. The lowest BCUT2D eigenvalue weighted by molar-refractivity contribution is 0.102. The fraction of sp³-hybridized carbons (Fsp3) is 0.409. The van der Waals surface area contributed by atoms with E-state index in [-0.39, 0.29) is 35.3 Å². The first-order valence-corrected chi connectivity index (χ1v) is 10.9. The Morgan fingerprint density at radius 3 is 2.88 bits per heavy atom. The number of ether oxygens (including phenoxy) is 1. The number of amides is 2. The summed E-state index contributed by atoms with van der Waals surface area (Å²) in [6, 6.07) is 1.20. The lowest BCUT2D eigenvalue weighted by Gasteiger charge is -2.20. The van der Waals surface area contributed by atoms with Crippen molar-refractivity contribution in [1.29, 1.82) is 0 Å². The topological polar surface area (TPSA) is 125 Å². The van der Waals surface area contributed by atoms with Crippen LogP contribution < -0.4 is 15.0 Å². The maximum absolute atomic E-state index is 14.4. The predicted molar refractivity (Wildman–Crippen MR) is 122 cm³/mol. The zero-order chi connectivity index (χ0) is 24.4. The Balaban J connectivity index is 1.51. The zero-order valence-electron chi connectivity index (χ0n) is 19.2. The number of carboxylic acid groups (broad SMARTS) is 1. The minimum absolute atomic E-state index is 0.120. The SMILES string of the molecule is CCOc1nc(N2CCC(CN(C)C(=O)O)C2)ncc1C(=O)Nc1cc(F)c2nc(C)cn2c1. The van der Waals surface area contributed by atoms with Gasteiger partial charge in [-0.1, -0.05) is 0 Å². The van der Waals surface area contributed by atoms with Gasteiger partial charge >= 0.3 is 6.09 Å². The molecule has 0 spiro atoms. The molecule has 0 saturated carbocycles. The van der Waals surface area contributed by atoms with Crippen molar-refractivity contribution in [3.05, 3.63) is 41.7 Å². The van der Waals surface area contributed by atoms with Crippen LogP contribution in [0.1, 0.15) is 29.4 Å². The number of nitrogens with zero attached hydrogens (tertiary/aromatic N) is 6. The maximum Gasteiger partial charge on any atom is 0.407 e. The third-order valence-electron chi connectivity index (χ3n) is 5.58. The Kier molecular flexibility index (Phi) is 6.48. The van der Waals surface area contributed by atoms with Gasteiger partial charge < -0.3 is 29.4 Å². The molecular formula is C22H26FN7O4. The Labute approximate surface area is 195 Å². The van der Waals surface area contributed by atoms with Gasteiger partial charge in [0.25, 0.3) is 5.91 Å². The summed E-state index contributed by atoms with van der Waals surface area (Å²) >= 11 is 0. The van der Waals surface area contributed by atoms with Crippen molar-refractivity contribution in [3.63, 3.8) is 0 Å². The van der Waals surface area contributed by atoms with E-state index in [1.54, 1.807) is 33.3 Å². The van der Waals surface area contributed by atoms with E-state index in [2.05, 4.69) is 20.3 Å². The van der Waals surface area contributed by atoms with E-state index in [4.69, 9.17) is 9.84 Å². The van der Waals surface area contributed by atoms with E-state index in [1.165, 1.54) is 21.6 Å². The lowest BCUT2D eigenvalue weighted by atomic mass is 10.1. The van der Waals surface area contributed by atoms with Gasteiger partial charge in [0.05, 0.1) is 18.0 Å². The molecule has 1 aliphatic heterocycles. The number of anilines is 2. The molecule has 12 heteroatoms. The van der Waals surface area contributed by atoms with Crippen LogP contribution in [0, 0.1) is 18.7 Å². The molecule has 180 valence electrons. The Morgan fingerprint density at radius 2 is 2.15 bits per heavy atom. The minimum atomic E-state index is -0.967. The molecule has 34 heavy (non-hydrogen) atoms. The molecule has 0 bridgehead atoms. The number of hydrogen-bond acceptors (Lipinski definition) is 7. The number of aromatic nitrogens is 4. The number of fused-ring (bicyclic) bond motifs is 1. The van der Waals surface area contributed by atoms with E-state index in [1.807, 2.05) is 4.90 Å². The summed E-state index contributed by atoms with van der Waals surface area (Å²) in [5.74, 6) is -0.412. The lowest BCUT2D eigenvalue weighted by Crippen LogP contribution is -2.32. The number of aryl methyl sites for hydroxylation is 1. The van der Waals surface area contributed by atoms with Crippen molar-refractivity contribution >= 4 is 29.3 Å². The van der Waals surface area contributed by atoms with Crippen molar-refractivity contribution < 1.29 is 23.8 Å². The van der Waals surface area contributed by atoms with Crippen molar-refractivity contribution in [2.75, 3.05) is 43.5 Å². The van der Waals surface area contributed by atoms with Gasteiger partial charge in [0.2, 0.25) is 11.8 Å². The van der Waals surface area contributed by atoms with E-state index < -0.39 is 17.8 Å². The van der Waals surface area contributed by atoms with Crippen LogP contribution in [0.4, 0.5) is 20.8 Å². The molecule has 3 aromatic heterocycles. The number of imidazole rings is 1. The minimum Gasteiger partial charge on any atom is -0.477 e. The average molecular weight is 471 g/mol. The molecular weight excluding hydrogens is 445 g/mol. The Hall–Kier alpha value is -3.96. The smallest absolute Gasteiger partial charge is 0.407 e. The molecule has 0 aliphatic carbocycles. The molecule has 1 unspecified atom stereocenters.